The van der Waals surface area contributed by atoms with Crippen LogP contribution in [-0.4, -0.2) is 161 Å². The molecule has 42 heavy (non-hydrogen) atoms. The number of amides is 1. The van der Waals surface area contributed by atoms with Gasteiger partial charge in [0.05, 0.1) is 43.5 Å². The summed E-state index contributed by atoms with van der Waals surface area (Å²) in [4.78, 5) is 12.5. The maximum Gasteiger partial charge on any atom is 0.250 e. The van der Waals surface area contributed by atoms with Crippen molar-refractivity contribution in [1.82, 2.24) is 21.3 Å². The van der Waals surface area contributed by atoms with Crippen LogP contribution in [0.15, 0.2) is 0 Å². The highest BCUT2D eigenvalue weighted by Crippen LogP contribution is 2.42. The van der Waals surface area contributed by atoms with Crippen LogP contribution < -0.4 is 32.7 Å². The lowest BCUT2D eigenvalue weighted by molar-refractivity contribution is -0.311. The Hall–Kier alpha value is -1.13. The predicted molar refractivity (Wildman–Crippen MR) is 144 cm³/mol. The summed E-state index contributed by atoms with van der Waals surface area (Å²) < 4.78 is 24.2. The topological polar surface area (TPSA) is 285 Å². The Morgan fingerprint density at radius 2 is 1.95 bits per heavy atom. The maximum absolute atomic E-state index is 12.5. The number of aliphatic hydroxyl groups is 6. The van der Waals surface area contributed by atoms with Crippen molar-refractivity contribution >= 4 is 5.91 Å². The lowest BCUT2D eigenvalue weighted by atomic mass is 9.83. The molecule has 0 aromatic carbocycles. The van der Waals surface area contributed by atoms with E-state index in [-0.39, 0.29) is 44.9 Å². The van der Waals surface area contributed by atoms with Crippen LogP contribution >= 0.6 is 0 Å². The van der Waals surface area contributed by atoms with E-state index in [1.807, 2.05) is 0 Å². The molecule has 1 aliphatic carbocycles. The largest absolute Gasteiger partial charge is 0.394 e. The average molecular weight is 609 g/mol. The number of ether oxygens (including phenoxy) is 4. The molecule has 17 heteroatoms. The summed E-state index contributed by atoms with van der Waals surface area (Å²) in [5, 5.41) is 73.4. The molecule has 3 heterocycles. The zero-order valence-electron chi connectivity index (χ0n) is 24.0. The van der Waals surface area contributed by atoms with Gasteiger partial charge in [-0.3, -0.25) is 10.1 Å². The highest BCUT2D eigenvalue weighted by atomic mass is 16.8. The zero-order valence-corrected chi connectivity index (χ0v) is 24.0. The average Bonchev–Trinajstić information content (AvgIpc) is 3.67. The van der Waals surface area contributed by atoms with Crippen molar-refractivity contribution in [2.45, 2.75) is 111 Å². The smallest absolute Gasteiger partial charge is 0.250 e. The molecule has 1 amide bonds. The van der Waals surface area contributed by atoms with E-state index in [0.717, 1.165) is 6.42 Å². The normalized spacial score (nSPS) is 45.1. The summed E-state index contributed by atoms with van der Waals surface area (Å²) in [5.41, 5.74) is 10.5. The number of likely N-dealkylation sites (N-methyl/N-ethyl adjacent to an activating group) is 1. The number of hydrogen-bond donors (Lipinski definition) is 12. The summed E-state index contributed by atoms with van der Waals surface area (Å²) >= 11 is 0. The minimum absolute atomic E-state index is 0.0657. The molecule has 14 N–H and O–H groups in total. The van der Waals surface area contributed by atoms with Crippen LogP contribution in [0.25, 0.3) is 0 Å². The molecule has 4 fully saturated rings. The van der Waals surface area contributed by atoms with Crippen molar-refractivity contribution < 1.29 is 54.4 Å². The standard InChI is InChI=1S/C25H48N6O11/c1-24(38)10-39-23(18(36)21(24)28-2)40-20-14(30-22(37)15(34)6-26)5-13(27)19(17(20)35)42-25-16(31-25)4-3-12(41-25)8-29-7-11(33)9-32/h11-21,23,28-29,31-36,38H,3-10,26-27H2,1-2H3,(H,30,37). The second kappa shape index (κ2) is 13.9. The van der Waals surface area contributed by atoms with E-state index < -0.39 is 78.5 Å². The van der Waals surface area contributed by atoms with Gasteiger partial charge in [-0.2, -0.15) is 0 Å². The Morgan fingerprint density at radius 3 is 2.62 bits per heavy atom. The van der Waals surface area contributed by atoms with E-state index in [2.05, 4.69) is 21.3 Å². The van der Waals surface area contributed by atoms with Crippen molar-refractivity contribution in [3.05, 3.63) is 0 Å². The van der Waals surface area contributed by atoms with Gasteiger partial charge < -0.3 is 77.0 Å². The molecule has 0 radical (unpaired) electrons. The van der Waals surface area contributed by atoms with Crippen LogP contribution in [-0.2, 0) is 23.7 Å². The second-order valence-corrected chi connectivity index (χ2v) is 11.9. The van der Waals surface area contributed by atoms with Gasteiger partial charge in [-0.15, -0.1) is 0 Å². The number of carbonyl (C=O) groups is 1. The minimum atomic E-state index is -1.50. The van der Waals surface area contributed by atoms with Crippen LogP contribution in [0.3, 0.4) is 0 Å². The van der Waals surface area contributed by atoms with Gasteiger partial charge in [0.15, 0.2) is 6.29 Å². The van der Waals surface area contributed by atoms with Crippen LogP contribution in [0, 0.1) is 0 Å². The summed E-state index contributed by atoms with van der Waals surface area (Å²) in [6.45, 7) is 1.22. The number of aliphatic hydroxyl groups excluding tert-OH is 5. The van der Waals surface area contributed by atoms with Crippen molar-refractivity contribution in [1.29, 1.82) is 0 Å². The molecule has 4 aliphatic rings. The van der Waals surface area contributed by atoms with E-state index in [9.17, 15) is 30.3 Å². The Bertz CT molecular complexity index is 907. The molecule has 14 unspecified atom stereocenters. The fraction of sp³-hybridized carbons (Fsp3) is 0.960. The third kappa shape index (κ3) is 7.39. The van der Waals surface area contributed by atoms with Gasteiger partial charge >= 0.3 is 0 Å². The van der Waals surface area contributed by atoms with E-state index in [1.54, 1.807) is 7.05 Å². The van der Waals surface area contributed by atoms with Crippen molar-refractivity contribution in [3.8, 4) is 0 Å². The van der Waals surface area contributed by atoms with Crippen molar-refractivity contribution in [2.24, 2.45) is 11.5 Å². The number of nitrogens with one attached hydrogen (secondary N) is 4. The molecule has 1 saturated carbocycles. The van der Waals surface area contributed by atoms with Crippen LogP contribution in [0.4, 0.5) is 0 Å². The highest BCUT2D eigenvalue weighted by molar-refractivity contribution is 5.81. The monoisotopic (exact) mass is 608 g/mol. The quantitative estimate of drug-likeness (QED) is 0.0865. The Kier molecular flexibility index (Phi) is 11.2. The van der Waals surface area contributed by atoms with Gasteiger partial charge in [-0.05, 0) is 33.2 Å². The summed E-state index contributed by atoms with van der Waals surface area (Å²) in [6.07, 6.45) is -7.51. The van der Waals surface area contributed by atoms with Crippen LogP contribution in [0.2, 0.25) is 0 Å². The zero-order chi connectivity index (χ0) is 30.8. The Morgan fingerprint density at radius 1 is 1.21 bits per heavy atom. The molecule has 0 spiro atoms. The first kappa shape index (κ1) is 33.8. The number of fused-ring (bicyclic) bond motifs is 1. The molecule has 0 aromatic heterocycles. The molecule has 4 rings (SSSR count). The Labute approximate surface area is 244 Å². The van der Waals surface area contributed by atoms with Gasteiger partial charge in [0.25, 0.3) is 0 Å². The third-order valence-corrected chi connectivity index (χ3v) is 8.45. The SMILES string of the molecule is CNC1C(O)C(OC2C(NC(=O)C(O)CN)CC(N)C(OC34NC3CCC(CNCC(O)CO)O4)C2O)OCC1(C)O. The molecule has 0 bridgehead atoms. The van der Waals surface area contributed by atoms with E-state index in [4.69, 9.17) is 35.5 Å². The number of nitrogens with two attached hydrogens (primary N) is 2. The van der Waals surface area contributed by atoms with Gasteiger partial charge in [-0.25, -0.2) is 0 Å². The second-order valence-electron chi connectivity index (χ2n) is 11.9. The van der Waals surface area contributed by atoms with Crippen molar-refractivity contribution in [2.75, 3.05) is 39.9 Å². The molecule has 3 saturated heterocycles. The third-order valence-electron chi connectivity index (χ3n) is 8.45. The lowest BCUT2D eigenvalue weighted by Gasteiger charge is -2.48. The minimum Gasteiger partial charge on any atom is -0.394 e. The fourth-order valence-electron chi connectivity index (χ4n) is 6.02. The maximum atomic E-state index is 12.5. The number of rotatable bonds is 13. The molecular weight excluding hydrogens is 560 g/mol. The van der Waals surface area contributed by atoms with E-state index in [0.29, 0.717) is 13.0 Å². The van der Waals surface area contributed by atoms with Gasteiger partial charge in [0.1, 0.15) is 36.1 Å². The van der Waals surface area contributed by atoms with Gasteiger partial charge in [0.2, 0.25) is 11.8 Å². The molecule has 244 valence electrons. The first-order chi connectivity index (χ1) is 19.9. The highest BCUT2D eigenvalue weighted by Gasteiger charge is 2.63. The van der Waals surface area contributed by atoms with Gasteiger partial charge in [-0.1, -0.05) is 0 Å². The molecule has 0 aromatic rings. The first-order valence-corrected chi connectivity index (χ1v) is 14.5. The van der Waals surface area contributed by atoms with Crippen LogP contribution in [0.1, 0.15) is 26.2 Å². The summed E-state index contributed by atoms with van der Waals surface area (Å²) in [6, 6.07) is -2.69. The fourth-order valence-corrected chi connectivity index (χ4v) is 6.02. The first-order valence-electron chi connectivity index (χ1n) is 14.5. The summed E-state index contributed by atoms with van der Waals surface area (Å²) in [5.74, 6) is -1.99. The van der Waals surface area contributed by atoms with Crippen LogP contribution in [0.5, 0.6) is 0 Å². The molecule has 17 nitrogen and oxygen atoms in total. The molecular formula is C25H48N6O11. The number of hydrogen-bond acceptors (Lipinski definition) is 16. The molecule has 14 atom stereocenters. The number of carbonyl (C=O) groups excluding carboxylic acids is 1. The van der Waals surface area contributed by atoms with Crippen molar-refractivity contribution in [3.63, 3.8) is 0 Å². The van der Waals surface area contributed by atoms with Gasteiger partial charge in [0, 0.05) is 25.7 Å². The lowest BCUT2D eigenvalue weighted by Crippen LogP contribution is -2.69. The van der Waals surface area contributed by atoms with E-state index >= 15 is 0 Å². The van der Waals surface area contributed by atoms with E-state index in [1.165, 1.54) is 6.92 Å². The summed E-state index contributed by atoms with van der Waals surface area (Å²) in [7, 11) is 1.57. The molecule has 3 aliphatic heterocycles. The Balaban J connectivity index is 1.48. The predicted octanol–water partition coefficient (Wildman–Crippen LogP) is -6.54.